The Labute approximate surface area is 195 Å². The molecule has 0 aliphatic carbocycles. The van der Waals surface area contributed by atoms with E-state index in [-0.39, 0.29) is 23.9 Å². The molecule has 3 aromatic rings. The largest absolute Gasteiger partial charge is 0.497 e. The maximum absolute atomic E-state index is 13.3. The lowest BCUT2D eigenvalue weighted by Crippen LogP contribution is -2.37. The number of hydrogen-bond donors (Lipinski definition) is 0. The minimum Gasteiger partial charge on any atom is -0.497 e. The van der Waals surface area contributed by atoms with Crippen molar-refractivity contribution in [2.24, 2.45) is 5.92 Å². The summed E-state index contributed by atoms with van der Waals surface area (Å²) in [6.07, 6.45) is 0.548. The van der Waals surface area contributed by atoms with Crippen molar-refractivity contribution in [1.82, 2.24) is 0 Å². The van der Waals surface area contributed by atoms with Crippen LogP contribution in [0.15, 0.2) is 78.9 Å². The summed E-state index contributed by atoms with van der Waals surface area (Å²) in [5.74, 6) is 0.723. The van der Waals surface area contributed by atoms with Crippen molar-refractivity contribution in [3.63, 3.8) is 0 Å². The summed E-state index contributed by atoms with van der Waals surface area (Å²) >= 11 is 0. The predicted molar refractivity (Wildman–Crippen MR) is 127 cm³/mol. The number of benzene rings is 3. The van der Waals surface area contributed by atoms with Gasteiger partial charge in [-0.3, -0.25) is 4.79 Å². The minimum absolute atomic E-state index is 0.123. The number of ether oxygens (including phenoxy) is 4. The van der Waals surface area contributed by atoms with Gasteiger partial charge >= 0.3 is 5.97 Å². The minimum atomic E-state index is -0.501. The van der Waals surface area contributed by atoms with E-state index in [2.05, 4.69) is 12.1 Å². The molecule has 0 radical (unpaired) electrons. The third-order valence-electron chi connectivity index (χ3n) is 6.53. The van der Waals surface area contributed by atoms with Gasteiger partial charge in [0.05, 0.1) is 33.4 Å². The highest BCUT2D eigenvalue weighted by Crippen LogP contribution is 2.50. The number of carbonyl (C=O) groups is 1. The second kappa shape index (κ2) is 10.5. The van der Waals surface area contributed by atoms with Gasteiger partial charge in [-0.25, -0.2) is 0 Å². The highest BCUT2D eigenvalue weighted by atomic mass is 16.5. The van der Waals surface area contributed by atoms with E-state index in [1.165, 1.54) is 12.7 Å². The zero-order valence-electron chi connectivity index (χ0n) is 19.3. The van der Waals surface area contributed by atoms with Gasteiger partial charge in [0.15, 0.2) is 0 Å². The van der Waals surface area contributed by atoms with E-state index < -0.39 is 5.92 Å². The fourth-order valence-corrected chi connectivity index (χ4v) is 4.90. The molecule has 1 aliphatic rings. The Kier molecular flexibility index (Phi) is 7.30. The quantitative estimate of drug-likeness (QED) is 0.447. The Hall–Kier alpha value is -3.31. The first-order valence-electron chi connectivity index (χ1n) is 11.2. The van der Waals surface area contributed by atoms with Gasteiger partial charge in [0.1, 0.15) is 11.5 Å². The fraction of sp³-hybridized carbons (Fsp3) is 0.321. The van der Waals surface area contributed by atoms with Crippen LogP contribution in [0.25, 0.3) is 0 Å². The zero-order chi connectivity index (χ0) is 23.2. The number of esters is 1. The molecular weight excluding hydrogens is 416 g/mol. The first-order chi connectivity index (χ1) is 16.2. The first-order valence-corrected chi connectivity index (χ1v) is 11.2. The van der Waals surface area contributed by atoms with Crippen molar-refractivity contribution < 1.29 is 23.7 Å². The summed E-state index contributed by atoms with van der Waals surface area (Å²) in [5.41, 5.74) is 3.10. The first kappa shape index (κ1) is 22.9. The van der Waals surface area contributed by atoms with E-state index in [0.717, 1.165) is 29.0 Å². The van der Waals surface area contributed by atoms with Crippen LogP contribution in [0.3, 0.4) is 0 Å². The molecule has 1 aliphatic heterocycles. The summed E-state index contributed by atoms with van der Waals surface area (Å²) in [6.45, 7) is 0.614. The molecule has 4 rings (SSSR count). The molecule has 4 atom stereocenters. The van der Waals surface area contributed by atoms with Gasteiger partial charge in [-0.2, -0.15) is 0 Å². The molecule has 3 aromatic carbocycles. The lowest BCUT2D eigenvalue weighted by molar-refractivity contribution is -0.148. The highest BCUT2D eigenvalue weighted by molar-refractivity contribution is 5.79. The van der Waals surface area contributed by atoms with Gasteiger partial charge in [0.2, 0.25) is 0 Å². The average Bonchev–Trinajstić information content (AvgIpc) is 2.89. The van der Waals surface area contributed by atoms with E-state index in [1.807, 2.05) is 66.7 Å². The maximum atomic E-state index is 13.3. The lowest BCUT2D eigenvalue weighted by Gasteiger charge is -2.42. The molecule has 0 bridgehead atoms. The van der Waals surface area contributed by atoms with Crippen molar-refractivity contribution in [1.29, 1.82) is 0 Å². The molecule has 1 heterocycles. The molecule has 5 heteroatoms. The Bertz CT molecular complexity index is 1030. The second-order valence-electron chi connectivity index (χ2n) is 8.22. The van der Waals surface area contributed by atoms with E-state index in [9.17, 15) is 4.79 Å². The Balaban J connectivity index is 1.83. The van der Waals surface area contributed by atoms with Crippen LogP contribution in [0.1, 0.15) is 41.1 Å². The summed E-state index contributed by atoms with van der Waals surface area (Å²) in [6, 6.07) is 25.9. The van der Waals surface area contributed by atoms with Crippen molar-refractivity contribution in [3.8, 4) is 11.5 Å². The van der Waals surface area contributed by atoms with Crippen LogP contribution in [-0.2, 0) is 14.3 Å². The molecule has 0 unspecified atom stereocenters. The molecule has 1 fully saturated rings. The molecule has 172 valence electrons. The number of carbonyl (C=O) groups excluding carboxylic acids is 1. The van der Waals surface area contributed by atoms with Crippen LogP contribution in [0.5, 0.6) is 11.5 Å². The van der Waals surface area contributed by atoms with Gasteiger partial charge < -0.3 is 18.9 Å². The molecular formula is C28H30O5. The molecule has 0 spiro atoms. The average molecular weight is 447 g/mol. The van der Waals surface area contributed by atoms with Gasteiger partial charge in [0.25, 0.3) is 0 Å². The van der Waals surface area contributed by atoms with Crippen LogP contribution >= 0.6 is 0 Å². The number of rotatable bonds is 7. The highest BCUT2D eigenvalue weighted by Gasteiger charge is 2.45. The van der Waals surface area contributed by atoms with E-state index in [1.54, 1.807) is 14.2 Å². The predicted octanol–water partition coefficient (Wildman–Crippen LogP) is 5.52. The Morgan fingerprint density at radius 3 is 2.00 bits per heavy atom. The monoisotopic (exact) mass is 446 g/mol. The van der Waals surface area contributed by atoms with E-state index >= 15 is 0 Å². The maximum Gasteiger partial charge on any atom is 0.313 e. The van der Waals surface area contributed by atoms with Crippen LogP contribution in [0.4, 0.5) is 0 Å². The standard InChI is InChI=1S/C28H30O5/c1-30-22-13-9-20(10-14-22)25(28(29)32-3)26-24(19-7-5-4-6-8-19)17-18-33-27(26)21-11-15-23(31-2)16-12-21/h4-16,24-27H,17-18H2,1-3H3/t24-,25+,26+,27+/m0/s1. The van der Waals surface area contributed by atoms with Gasteiger partial charge in [-0.15, -0.1) is 0 Å². The van der Waals surface area contributed by atoms with Crippen LogP contribution < -0.4 is 9.47 Å². The third-order valence-corrected chi connectivity index (χ3v) is 6.53. The molecule has 0 amide bonds. The smallest absolute Gasteiger partial charge is 0.313 e. The normalized spacial score (nSPS) is 21.1. The number of hydrogen-bond acceptors (Lipinski definition) is 5. The van der Waals surface area contributed by atoms with Crippen LogP contribution in [0, 0.1) is 5.92 Å². The fourth-order valence-electron chi connectivity index (χ4n) is 4.90. The Morgan fingerprint density at radius 2 is 1.42 bits per heavy atom. The van der Waals surface area contributed by atoms with Gasteiger partial charge in [-0.05, 0) is 53.3 Å². The van der Waals surface area contributed by atoms with Crippen molar-refractivity contribution in [2.75, 3.05) is 27.9 Å². The zero-order valence-corrected chi connectivity index (χ0v) is 19.3. The summed E-state index contributed by atoms with van der Waals surface area (Å²) in [7, 11) is 4.73. The molecule has 33 heavy (non-hydrogen) atoms. The van der Waals surface area contributed by atoms with Crippen molar-refractivity contribution in [2.45, 2.75) is 24.4 Å². The molecule has 0 saturated carbocycles. The van der Waals surface area contributed by atoms with Gasteiger partial charge in [-0.1, -0.05) is 54.6 Å². The molecule has 0 aromatic heterocycles. The SMILES string of the molecule is COC(=O)[C@H](c1ccc(OC)cc1)[C@@H]1[C@@H](c2ccc(OC)cc2)OCC[C@H]1c1ccccc1. The van der Waals surface area contributed by atoms with Crippen molar-refractivity contribution >= 4 is 5.97 Å². The second-order valence-corrected chi connectivity index (χ2v) is 8.22. The topological polar surface area (TPSA) is 54.0 Å². The summed E-state index contributed by atoms with van der Waals surface area (Å²) in [5, 5.41) is 0. The molecule has 0 N–H and O–H groups in total. The summed E-state index contributed by atoms with van der Waals surface area (Å²) in [4.78, 5) is 13.3. The third kappa shape index (κ3) is 4.88. The Morgan fingerprint density at radius 1 is 0.818 bits per heavy atom. The molecule has 1 saturated heterocycles. The lowest BCUT2D eigenvalue weighted by atomic mass is 9.68. The van der Waals surface area contributed by atoms with Crippen molar-refractivity contribution in [3.05, 3.63) is 95.6 Å². The number of methoxy groups -OCH3 is 3. The van der Waals surface area contributed by atoms with Gasteiger partial charge in [0, 0.05) is 12.5 Å². The van der Waals surface area contributed by atoms with Crippen LogP contribution in [-0.4, -0.2) is 33.9 Å². The van der Waals surface area contributed by atoms with E-state index in [4.69, 9.17) is 18.9 Å². The molecule has 5 nitrogen and oxygen atoms in total. The van der Waals surface area contributed by atoms with Crippen LogP contribution in [0.2, 0.25) is 0 Å². The summed E-state index contributed by atoms with van der Waals surface area (Å²) < 4.78 is 22.4. The van der Waals surface area contributed by atoms with E-state index in [0.29, 0.717) is 6.61 Å².